The van der Waals surface area contributed by atoms with Gasteiger partial charge in [-0.1, -0.05) is 6.07 Å². The molecule has 0 unspecified atom stereocenters. The molecule has 1 N–H and O–H groups in total. The number of ether oxygens (including phenoxy) is 1. The SMILES string of the molecule is COc1ccc(CN(C)C(=O)NC2CCN(CCc3ccncc3)CC2)cc1F. The topological polar surface area (TPSA) is 57.7 Å². The number of pyridine rings is 1. The molecule has 0 saturated carbocycles. The van der Waals surface area contributed by atoms with Crippen molar-refractivity contribution < 1.29 is 13.9 Å². The second-order valence-electron chi connectivity index (χ2n) is 7.50. The Kier molecular flexibility index (Phi) is 7.41. The number of hydrogen-bond acceptors (Lipinski definition) is 4. The molecule has 1 aliphatic heterocycles. The summed E-state index contributed by atoms with van der Waals surface area (Å²) >= 11 is 0. The summed E-state index contributed by atoms with van der Waals surface area (Å²) in [5.74, 6) is -0.213. The number of piperidine rings is 1. The van der Waals surface area contributed by atoms with Gasteiger partial charge in [-0.05, 0) is 54.7 Å². The Labute approximate surface area is 171 Å². The van der Waals surface area contributed by atoms with Crippen LogP contribution < -0.4 is 10.1 Å². The van der Waals surface area contributed by atoms with Gasteiger partial charge in [-0.2, -0.15) is 0 Å². The van der Waals surface area contributed by atoms with Gasteiger partial charge in [0.1, 0.15) is 0 Å². The zero-order valence-corrected chi connectivity index (χ0v) is 17.1. The van der Waals surface area contributed by atoms with Crippen LogP contribution in [0, 0.1) is 5.82 Å². The summed E-state index contributed by atoms with van der Waals surface area (Å²) in [6, 6.07) is 8.91. The Bertz CT molecular complexity index is 795. The van der Waals surface area contributed by atoms with Crippen molar-refractivity contribution in [2.45, 2.75) is 31.8 Å². The molecule has 2 amide bonds. The summed E-state index contributed by atoms with van der Waals surface area (Å²) in [4.78, 5) is 20.6. The van der Waals surface area contributed by atoms with Gasteiger partial charge in [-0.3, -0.25) is 4.98 Å². The van der Waals surface area contributed by atoms with Crippen molar-refractivity contribution in [1.29, 1.82) is 0 Å². The average Bonchev–Trinajstić information content (AvgIpc) is 2.74. The van der Waals surface area contributed by atoms with Crippen LogP contribution in [0.5, 0.6) is 5.75 Å². The predicted molar refractivity (Wildman–Crippen MR) is 110 cm³/mol. The number of benzene rings is 1. The summed E-state index contributed by atoms with van der Waals surface area (Å²) in [6.45, 7) is 3.32. The molecular formula is C22H29FN4O2. The number of urea groups is 1. The third kappa shape index (κ3) is 6.15. The first-order chi connectivity index (χ1) is 14.0. The van der Waals surface area contributed by atoms with Crippen LogP contribution in [0.4, 0.5) is 9.18 Å². The van der Waals surface area contributed by atoms with Crippen molar-refractivity contribution in [3.63, 3.8) is 0 Å². The number of amides is 2. The van der Waals surface area contributed by atoms with Gasteiger partial charge in [0.15, 0.2) is 11.6 Å². The maximum absolute atomic E-state index is 13.8. The maximum atomic E-state index is 13.8. The predicted octanol–water partition coefficient (Wildman–Crippen LogP) is 3.08. The number of nitrogens with zero attached hydrogens (tertiary/aromatic N) is 3. The van der Waals surface area contributed by atoms with Gasteiger partial charge in [0.2, 0.25) is 0 Å². The number of methoxy groups -OCH3 is 1. The molecule has 0 atom stereocenters. The van der Waals surface area contributed by atoms with Crippen LogP contribution in [0.3, 0.4) is 0 Å². The highest BCUT2D eigenvalue weighted by Gasteiger charge is 2.22. The quantitative estimate of drug-likeness (QED) is 0.776. The first kappa shape index (κ1) is 21.0. The number of halogens is 1. The molecule has 1 saturated heterocycles. The van der Waals surface area contributed by atoms with E-state index in [0.29, 0.717) is 6.54 Å². The van der Waals surface area contributed by atoms with Gasteiger partial charge in [-0.25, -0.2) is 9.18 Å². The summed E-state index contributed by atoms with van der Waals surface area (Å²) in [7, 11) is 3.16. The van der Waals surface area contributed by atoms with E-state index in [0.717, 1.165) is 44.5 Å². The van der Waals surface area contributed by atoms with Crippen molar-refractivity contribution in [3.05, 3.63) is 59.7 Å². The lowest BCUT2D eigenvalue weighted by molar-refractivity contribution is 0.177. The van der Waals surface area contributed by atoms with Gasteiger partial charge in [0.25, 0.3) is 0 Å². The lowest BCUT2D eigenvalue weighted by atomic mass is 10.0. The normalized spacial score (nSPS) is 15.1. The van der Waals surface area contributed by atoms with E-state index in [-0.39, 0.29) is 17.8 Å². The molecule has 2 heterocycles. The fraction of sp³-hybridized carbons (Fsp3) is 0.455. The Morgan fingerprint density at radius 1 is 1.24 bits per heavy atom. The molecule has 0 spiro atoms. The number of aromatic nitrogens is 1. The minimum atomic E-state index is -0.419. The number of carbonyl (C=O) groups excluding carboxylic acids is 1. The van der Waals surface area contributed by atoms with E-state index in [1.165, 1.54) is 18.7 Å². The smallest absolute Gasteiger partial charge is 0.317 e. The molecular weight excluding hydrogens is 371 g/mol. The molecule has 29 heavy (non-hydrogen) atoms. The molecule has 2 aromatic rings. The largest absolute Gasteiger partial charge is 0.494 e. The highest BCUT2D eigenvalue weighted by atomic mass is 19.1. The maximum Gasteiger partial charge on any atom is 0.317 e. The van der Waals surface area contributed by atoms with E-state index in [4.69, 9.17) is 4.74 Å². The van der Waals surface area contributed by atoms with E-state index in [1.807, 2.05) is 12.4 Å². The number of carbonyl (C=O) groups is 1. The zero-order chi connectivity index (χ0) is 20.6. The summed E-state index contributed by atoms with van der Waals surface area (Å²) < 4.78 is 18.8. The van der Waals surface area contributed by atoms with E-state index in [9.17, 15) is 9.18 Å². The first-order valence-electron chi connectivity index (χ1n) is 10.0. The molecule has 3 rings (SSSR count). The number of nitrogens with one attached hydrogen (secondary N) is 1. The Morgan fingerprint density at radius 2 is 1.97 bits per heavy atom. The third-order valence-electron chi connectivity index (χ3n) is 5.36. The highest BCUT2D eigenvalue weighted by Crippen LogP contribution is 2.18. The third-order valence-corrected chi connectivity index (χ3v) is 5.36. The summed E-state index contributed by atoms with van der Waals surface area (Å²) in [6.07, 6.45) is 6.54. The van der Waals surface area contributed by atoms with Crippen LogP contribution >= 0.6 is 0 Å². The monoisotopic (exact) mass is 400 g/mol. The van der Waals surface area contributed by atoms with Crippen molar-refractivity contribution in [2.24, 2.45) is 0 Å². The van der Waals surface area contributed by atoms with Crippen LogP contribution in [-0.4, -0.2) is 60.6 Å². The molecule has 1 aromatic heterocycles. The molecule has 1 aliphatic rings. The zero-order valence-electron chi connectivity index (χ0n) is 17.1. The standard InChI is InChI=1S/C22H29FN4O2/c1-26(16-18-3-4-21(29-2)20(23)15-18)22(28)25-19-8-13-27(14-9-19)12-7-17-5-10-24-11-6-17/h3-6,10-11,15,19H,7-9,12-14,16H2,1-2H3,(H,25,28). The first-order valence-corrected chi connectivity index (χ1v) is 10.0. The molecule has 0 aliphatic carbocycles. The van der Waals surface area contributed by atoms with Gasteiger partial charge >= 0.3 is 6.03 Å². The van der Waals surface area contributed by atoms with E-state index in [2.05, 4.69) is 27.3 Å². The Hall–Kier alpha value is -2.67. The van der Waals surface area contributed by atoms with Gasteiger partial charge in [0, 0.05) is 51.7 Å². The van der Waals surface area contributed by atoms with E-state index >= 15 is 0 Å². The summed E-state index contributed by atoms with van der Waals surface area (Å²) in [5, 5.41) is 3.10. The lowest BCUT2D eigenvalue weighted by Crippen LogP contribution is -2.48. The van der Waals surface area contributed by atoms with Crippen molar-refractivity contribution in [3.8, 4) is 5.75 Å². The average molecular weight is 400 g/mol. The second-order valence-corrected chi connectivity index (χ2v) is 7.50. The molecule has 7 heteroatoms. The van der Waals surface area contributed by atoms with E-state index in [1.54, 1.807) is 24.1 Å². The number of likely N-dealkylation sites (tertiary alicyclic amines) is 1. The number of rotatable bonds is 7. The Balaban J connectivity index is 1.40. The van der Waals surface area contributed by atoms with Gasteiger partial charge in [-0.15, -0.1) is 0 Å². The van der Waals surface area contributed by atoms with Gasteiger partial charge < -0.3 is 19.9 Å². The molecule has 156 valence electrons. The number of hydrogen-bond donors (Lipinski definition) is 1. The Morgan fingerprint density at radius 3 is 2.62 bits per heavy atom. The van der Waals surface area contributed by atoms with Crippen LogP contribution in [0.1, 0.15) is 24.0 Å². The van der Waals surface area contributed by atoms with Crippen LogP contribution in [0.15, 0.2) is 42.7 Å². The minimum Gasteiger partial charge on any atom is -0.494 e. The van der Waals surface area contributed by atoms with Crippen molar-refractivity contribution in [2.75, 3.05) is 33.8 Å². The van der Waals surface area contributed by atoms with E-state index < -0.39 is 5.82 Å². The molecule has 0 radical (unpaired) electrons. The lowest BCUT2D eigenvalue weighted by Gasteiger charge is -2.33. The minimum absolute atomic E-state index is 0.128. The molecule has 1 aromatic carbocycles. The molecule has 1 fully saturated rings. The van der Waals surface area contributed by atoms with Gasteiger partial charge in [0.05, 0.1) is 7.11 Å². The van der Waals surface area contributed by atoms with Crippen molar-refractivity contribution in [1.82, 2.24) is 20.1 Å². The summed E-state index contributed by atoms with van der Waals surface area (Å²) in [5.41, 5.74) is 2.03. The second kappa shape index (κ2) is 10.2. The van der Waals surface area contributed by atoms with Crippen molar-refractivity contribution >= 4 is 6.03 Å². The molecule has 6 nitrogen and oxygen atoms in total. The molecule has 0 bridgehead atoms. The van der Waals surface area contributed by atoms with Crippen LogP contribution in [0.2, 0.25) is 0 Å². The fourth-order valence-electron chi connectivity index (χ4n) is 3.58. The fourth-order valence-corrected chi connectivity index (χ4v) is 3.58. The van der Waals surface area contributed by atoms with Crippen LogP contribution in [0.25, 0.3) is 0 Å². The van der Waals surface area contributed by atoms with Crippen LogP contribution in [-0.2, 0) is 13.0 Å². The highest BCUT2D eigenvalue weighted by molar-refractivity contribution is 5.74.